The highest BCUT2D eigenvalue weighted by Crippen LogP contribution is 2.36. The predicted molar refractivity (Wildman–Crippen MR) is 125 cm³/mol. The van der Waals surface area contributed by atoms with E-state index in [0.717, 1.165) is 32.0 Å². The van der Waals surface area contributed by atoms with Crippen molar-refractivity contribution in [3.8, 4) is 11.5 Å². The molecule has 2 aliphatic rings. The number of likely N-dealkylation sites (tertiary alicyclic amines) is 1. The first-order valence-electron chi connectivity index (χ1n) is 11.5. The number of hydrogen-bond acceptors (Lipinski definition) is 6. The van der Waals surface area contributed by atoms with Crippen LogP contribution in [-0.4, -0.2) is 54.8 Å². The van der Waals surface area contributed by atoms with Gasteiger partial charge in [-0.2, -0.15) is 8.78 Å². The van der Waals surface area contributed by atoms with Crippen molar-refractivity contribution in [1.29, 1.82) is 0 Å². The average molecular weight is 507 g/mol. The lowest BCUT2D eigenvalue weighted by Crippen LogP contribution is -2.50. The van der Waals surface area contributed by atoms with Crippen LogP contribution < -0.4 is 14.8 Å². The van der Waals surface area contributed by atoms with Crippen LogP contribution in [0.25, 0.3) is 11.0 Å². The van der Waals surface area contributed by atoms with Crippen molar-refractivity contribution >= 4 is 28.5 Å². The van der Waals surface area contributed by atoms with Gasteiger partial charge < -0.3 is 29.2 Å². The summed E-state index contributed by atoms with van der Waals surface area (Å²) in [6.07, 6.45) is 0.692. The highest BCUT2D eigenvalue weighted by molar-refractivity contribution is 6.31. The largest absolute Gasteiger partial charge is 0.486 e. The first-order chi connectivity index (χ1) is 16.8. The Hall–Kier alpha value is -2.88. The van der Waals surface area contributed by atoms with Gasteiger partial charge in [-0.05, 0) is 67.9 Å². The van der Waals surface area contributed by atoms with Crippen molar-refractivity contribution in [1.82, 2.24) is 10.2 Å². The Morgan fingerprint density at radius 1 is 1.09 bits per heavy atom. The van der Waals surface area contributed by atoms with Crippen LogP contribution in [0.15, 0.2) is 46.9 Å². The van der Waals surface area contributed by atoms with Gasteiger partial charge in [-0.15, -0.1) is 0 Å². The van der Waals surface area contributed by atoms with Gasteiger partial charge >= 0.3 is 5.92 Å². The highest BCUT2D eigenvalue weighted by atomic mass is 35.5. The van der Waals surface area contributed by atoms with Gasteiger partial charge in [0.25, 0.3) is 5.91 Å². The molecule has 1 fully saturated rings. The number of alkyl halides is 2. The molecule has 2 unspecified atom stereocenters. The van der Waals surface area contributed by atoms with Gasteiger partial charge in [-0.25, -0.2) is 0 Å². The molecule has 3 aromatic rings. The third kappa shape index (κ3) is 4.94. The Morgan fingerprint density at radius 2 is 1.83 bits per heavy atom. The van der Waals surface area contributed by atoms with Crippen LogP contribution in [0.5, 0.6) is 11.5 Å². The molecule has 0 saturated carbocycles. The van der Waals surface area contributed by atoms with E-state index < -0.39 is 29.7 Å². The molecule has 2 aromatic carbocycles. The normalized spacial score (nSPS) is 17.9. The molecule has 3 heterocycles. The molecule has 5 rings (SSSR count). The maximum absolute atomic E-state index is 15.2. The first-order valence-corrected chi connectivity index (χ1v) is 11.9. The number of nitrogens with zero attached hydrogens (tertiary/aromatic N) is 1. The molecular weight excluding hydrogens is 482 g/mol. The van der Waals surface area contributed by atoms with Gasteiger partial charge in [0, 0.05) is 17.0 Å². The number of aliphatic hydroxyl groups excluding tert-OH is 1. The lowest BCUT2D eigenvalue weighted by atomic mass is 10.0. The Morgan fingerprint density at radius 3 is 2.60 bits per heavy atom. The van der Waals surface area contributed by atoms with Crippen LogP contribution >= 0.6 is 11.6 Å². The SMILES string of the molecule is O=C(NC(CN1CCCC1)C(O)c1ccc2c(c1)OCCO2)C(F)(F)c1cc2cc(Cl)ccc2o1. The summed E-state index contributed by atoms with van der Waals surface area (Å²) >= 11 is 5.93. The molecule has 0 aliphatic carbocycles. The zero-order valence-corrected chi connectivity index (χ0v) is 19.6. The highest BCUT2D eigenvalue weighted by Gasteiger charge is 2.46. The minimum Gasteiger partial charge on any atom is -0.486 e. The van der Waals surface area contributed by atoms with Gasteiger partial charge in [0.2, 0.25) is 0 Å². The summed E-state index contributed by atoms with van der Waals surface area (Å²) in [6.45, 7) is 2.54. The maximum Gasteiger partial charge on any atom is 0.380 e. The molecule has 0 radical (unpaired) electrons. The summed E-state index contributed by atoms with van der Waals surface area (Å²) in [6, 6.07) is 9.50. The fourth-order valence-corrected chi connectivity index (χ4v) is 4.66. The number of amides is 1. The van der Waals surface area contributed by atoms with Crippen LogP contribution in [0.3, 0.4) is 0 Å². The Bertz CT molecular complexity index is 1230. The monoisotopic (exact) mass is 506 g/mol. The summed E-state index contributed by atoms with van der Waals surface area (Å²) in [4.78, 5) is 14.9. The number of carbonyl (C=O) groups is 1. The van der Waals surface area contributed by atoms with Gasteiger partial charge in [0.05, 0.1) is 6.04 Å². The van der Waals surface area contributed by atoms with E-state index in [4.69, 9.17) is 25.5 Å². The summed E-state index contributed by atoms with van der Waals surface area (Å²) in [5.41, 5.74) is 0.627. The van der Waals surface area contributed by atoms with Gasteiger partial charge in [0.15, 0.2) is 17.3 Å². The Labute approximate surface area is 205 Å². The predicted octanol–water partition coefficient (Wildman–Crippen LogP) is 4.26. The number of nitrogens with one attached hydrogen (secondary N) is 1. The number of furan rings is 1. The zero-order valence-electron chi connectivity index (χ0n) is 18.8. The van der Waals surface area contributed by atoms with E-state index >= 15 is 8.78 Å². The van der Waals surface area contributed by atoms with Gasteiger partial charge in [0.1, 0.15) is 24.9 Å². The molecular formula is C25H25ClF2N2O5. The number of hydrogen-bond donors (Lipinski definition) is 2. The van der Waals surface area contributed by atoms with Crippen LogP contribution in [0.1, 0.15) is 30.3 Å². The molecule has 2 aliphatic heterocycles. The Kier molecular flexibility index (Phi) is 6.57. The molecule has 2 atom stereocenters. The van der Waals surface area contributed by atoms with Gasteiger partial charge in [-0.3, -0.25) is 4.79 Å². The van der Waals surface area contributed by atoms with E-state index in [1.54, 1.807) is 18.2 Å². The second-order valence-corrected chi connectivity index (χ2v) is 9.24. The minimum absolute atomic E-state index is 0.196. The number of halogens is 3. The molecule has 0 spiro atoms. The van der Waals surface area contributed by atoms with Crippen LogP contribution in [0, 0.1) is 0 Å². The molecule has 35 heavy (non-hydrogen) atoms. The van der Waals surface area contributed by atoms with Crippen molar-refractivity contribution in [2.24, 2.45) is 0 Å². The van der Waals surface area contributed by atoms with E-state index in [-0.39, 0.29) is 12.1 Å². The summed E-state index contributed by atoms with van der Waals surface area (Å²) in [5, 5.41) is 14.3. The fourth-order valence-electron chi connectivity index (χ4n) is 4.48. The van der Waals surface area contributed by atoms with Crippen LogP contribution in [0.2, 0.25) is 5.02 Å². The quantitative estimate of drug-likeness (QED) is 0.498. The maximum atomic E-state index is 15.2. The minimum atomic E-state index is -3.96. The molecule has 186 valence electrons. The van der Waals surface area contributed by atoms with E-state index in [9.17, 15) is 9.90 Å². The lowest BCUT2D eigenvalue weighted by Gasteiger charge is -2.30. The van der Waals surface area contributed by atoms with Crippen molar-refractivity contribution in [2.45, 2.75) is 30.9 Å². The number of ether oxygens (including phenoxy) is 2. The van der Waals surface area contributed by atoms with E-state index in [1.807, 2.05) is 4.90 Å². The second-order valence-electron chi connectivity index (χ2n) is 8.80. The van der Waals surface area contributed by atoms with Gasteiger partial charge in [-0.1, -0.05) is 17.7 Å². The number of fused-ring (bicyclic) bond motifs is 2. The first kappa shape index (κ1) is 23.8. The van der Waals surface area contributed by atoms with E-state index in [1.165, 1.54) is 18.2 Å². The zero-order chi connectivity index (χ0) is 24.6. The molecule has 7 nitrogen and oxygen atoms in total. The van der Waals surface area contributed by atoms with E-state index in [0.29, 0.717) is 40.7 Å². The van der Waals surface area contributed by atoms with Crippen molar-refractivity contribution in [3.63, 3.8) is 0 Å². The van der Waals surface area contributed by atoms with Crippen LogP contribution in [0.4, 0.5) is 8.78 Å². The summed E-state index contributed by atoms with van der Waals surface area (Å²) in [5.74, 6) is -5.29. The van der Waals surface area contributed by atoms with Crippen LogP contribution in [-0.2, 0) is 10.7 Å². The standard InChI is InChI=1S/C25H25ClF2N2O5/c26-17-4-6-19-16(11-17)13-22(35-19)25(27,28)24(32)29-18(14-30-7-1-2-8-30)23(31)15-3-5-20-21(12-15)34-10-9-33-20/h3-6,11-13,18,23,31H,1-2,7-10,14H2,(H,29,32). The lowest BCUT2D eigenvalue weighted by molar-refractivity contribution is -0.151. The fraction of sp³-hybridized carbons (Fsp3) is 0.400. The molecule has 1 aromatic heterocycles. The molecule has 1 saturated heterocycles. The van der Waals surface area contributed by atoms with Crippen molar-refractivity contribution < 1.29 is 32.6 Å². The van der Waals surface area contributed by atoms with Crippen molar-refractivity contribution in [3.05, 3.63) is 58.8 Å². The smallest absolute Gasteiger partial charge is 0.380 e. The molecule has 10 heteroatoms. The van der Waals surface area contributed by atoms with Crippen molar-refractivity contribution in [2.75, 3.05) is 32.8 Å². The summed E-state index contributed by atoms with van der Waals surface area (Å²) in [7, 11) is 0. The second kappa shape index (κ2) is 9.64. The number of aliphatic hydroxyl groups is 1. The molecule has 2 N–H and O–H groups in total. The van der Waals surface area contributed by atoms with E-state index in [2.05, 4.69) is 5.32 Å². The molecule has 1 amide bonds. The topological polar surface area (TPSA) is 84.2 Å². The number of carbonyl (C=O) groups excluding carboxylic acids is 1. The third-order valence-corrected chi connectivity index (χ3v) is 6.57. The Balaban J connectivity index is 1.39. The summed E-state index contributed by atoms with van der Waals surface area (Å²) < 4.78 is 46.7. The molecule has 0 bridgehead atoms. The number of benzene rings is 2. The third-order valence-electron chi connectivity index (χ3n) is 6.33. The number of rotatable bonds is 7. The average Bonchev–Trinajstić information content (AvgIpc) is 3.52.